The molecular weight excluding hydrogens is 336 g/mol. The minimum atomic E-state index is -0.0963. The summed E-state index contributed by atoms with van der Waals surface area (Å²) in [6, 6.07) is 7.72. The highest BCUT2D eigenvalue weighted by Gasteiger charge is 2.12. The highest BCUT2D eigenvalue weighted by Crippen LogP contribution is 2.25. The van der Waals surface area contributed by atoms with Crippen LogP contribution in [0.2, 0.25) is 0 Å². The number of carbonyl (C=O) groups excluding carboxylic acids is 1. The van der Waals surface area contributed by atoms with Crippen molar-refractivity contribution in [3.05, 3.63) is 56.8 Å². The van der Waals surface area contributed by atoms with Crippen molar-refractivity contribution in [3.8, 4) is 0 Å². The van der Waals surface area contributed by atoms with Crippen molar-refractivity contribution in [2.75, 3.05) is 5.32 Å². The number of rotatable bonds is 2. The molecule has 0 fully saturated rings. The third-order valence-corrected chi connectivity index (χ3v) is 4.32. The van der Waals surface area contributed by atoms with Crippen molar-refractivity contribution in [1.82, 2.24) is 4.98 Å². The first-order valence-electron chi connectivity index (χ1n) is 6.03. The molecule has 0 aliphatic carbocycles. The van der Waals surface area contributed by atoms with Gasteiger partial charge < -0.3 is 5.32 Å². The molecule has 100 valence electrons. The normalized spacial score (nSPS) is 10.7. The monoisotopic (exact) mass is 346 g/mol. The van der Waals surface area contributed by atoms with Gasteiger partial charge in [-0.25, -0.2) is 0 Å². The number of aryl methyl sites for hydroxylation is 1. The number of anilines is 1. The number of hydrogen-bond donors (Lipinski definition) is 1. The zero-order valence-electron chi connectivity index (χ0n) is 10.7. The Balaban J connectivity index is 1.99. The maximum atomic E-state index is 12.3. The number of aromatic nitrogens is 1. The van der Waals surface area contributed by atoms with E-state index in [1.54, 1.807) is 6.20 Å². The Hall–Kier alpha value is -1.72. The van der Waals surface area contributed by atoms with Crippen LogP contribution in [-0.2, 0) is 0 Å². The summed E-state index contributed by atoms with van der Waals surface area (Å²) in [5.41, 5.74) is 3.22. The summed E-state index contributed by atoms with van der Waals surface area (Å²) in [4.78, 5) is 16.6. The fourth-order valence-electron chi connectivity index (χ4n) is 2.02. The fraction of sp³-hybridized carbons (Fsp3) is 0.0667. The van der Waals surface area contributed by atoms with E-state index >= 15 is 0 Å². The average Bonchev–Trinajstić information content (AvgIpc) is 2.85. The van der Waals surface area contributed by atoms with Gasteiger partial charge in [-0.2, -0.15) is 11.3 Å². The number of halogens is 1. The SMILES string of the molecule is Cc1cscc1C(=O)Nc1cccc2cc(Br)cnc12. The third-order valence-electron chi connectivity index (χ3n) is 3.03. The molecule has 1 aromatic carbocycles. The summed E-state index contributed by atoms with van der Waals surface area (Å²) in [7, 11) is 0. The van der Waals surface area contributed by atoms with Crippen LogP contribution in [0.25, 0.3) is 10.9 Å². The van der Waals surface area contributed by atoms with Gasteiger partial charge in [0.05, 0.1) is 16.8 Å². The van der Waals surface area contributed by atoms with E-state index in [9.17, 15) is 4.79 Å². The molecule has 0 saturated heterocycles. The second-order valence-corrected chi connectivity index (χ2v) is 6.11. The molecule has 0 bridgehead atoms. The standard InChI is InChI=1S/C15H11BrN2OS/c1-9-7-20-8-12(9)15(19)18-13-4-2-3-10-5-11(16)6-17-14(10)13/h2-8H,1H3,(H,18,19). The van der Waals surface area contributed by atoms with Crippen molar-refractivity contribution >= 4 is 49.8 Å². The molecule has 3 aromatic rings. The van der Waals surface area contributed by atoms with Crippen LogP contribution in [0.15, 0.2) is 45.7 Å². The quantitative estimate of drug-likeness (QED) is 0.735. The molecule has 3 rings (SSSR count). The molecule has 2 aromatic heterocycles. The number of carbonyl (C=O) groups is 1. The number of thiophene rings is 1. The number of hydrogen-bond acceptors (Lipinski definition) is 3. The van der Waals surface area contributed by atoms with E-state index in [0.29, 0.717) is 5.56 Å². The van der Waals surface area contributed by atoms with Crippen LogP contribution in [0.4, 0.5) is 5.69 Å². The van der Waals surface area contributed by atoms with Crippen molar-refractivity contribution in [2.45, 2.75) is 6.92 Å². The lowest BCUT2D eigenvalue weighted by molar-refractivity contribution is 0.102. The molecule has 2 heterocycles. The van der Waals surface area contributed by atoms with Crippen molar-refractivity contribution < 1.29 is 4.79 Å². The van der Waals surface area contributed by atoms with Gasteiger partial charge in [0, 0.05) is 21.4 Å². The molecule has 0 spiro atoms. The molecule has 1 amide bonds. The minimum Gasteiger partial charge on any atom is -0.320 e. The average molecular weight is 347 g/mol. The van der Waals surface area contributed by atoms with Gasteiger partial charge in [0.2, 0.25) is 0 Å². The van der Waals surface area contributed by atoms with E-state index in [4.69, 9.17) is 0 Å². The van der Waals surface area contributed by atoms with Crippen LogP contribution in [0.1, 0.15) is 15.9 Å². The molecule has 0 radical (unpaired) electrons. The Kier molecular flexibility index (Phi) is 3.54. The van der Waals surface area contributed by atoms with Gasteiger partial charge in [0.1, 0.15) is 0 Å². The van der Waals surface area contributed by atoms with Crippen LogP contribution in [0.3, 0.4) is 0 Å². The van der Waals surface area contributed by atoms with Gasteiger partial charge >= 0.3 is 0 Å². The maximum Gasteiger partial charge on any atom is 0.256 e. The summed E-state index contributed by atoms with van der Waals surface area (Å²) in [6.07, 6.45) is 1.73. The summed E-state index contributed by atoms with van der Waals surface area (Å²) >= 11 is 4.93. The second-order valence-electron chi connectivity index (χ2n) is 4.45. The van der Waals surface area contributed by atoms with Gasteiger partial charge in [-0.3, -0.25) is 9.78 Å². The Morgan fingerprint density at radius 3 is 2.95 bits per heavy atom. The number of fused-ring (bicyclic) bond motifs is 1. The van der Waals surface area contributed by atoms with Crippen molar-refractivity contribution in [3.63, 3.8) is 0 Å². The molecule has 1 N–H and O–H groups in total. The summed E-state index contributed by atoms with van der Waals surface area (Å²) in [5.74, 6) is -0.0963. The highest BCUT2D eigenvalue weighted by atomic mass is 79.9. The van der Waals surface area contributed by atoms with Crippen LogP contribution in [0, 0.1) is 6.92 Å². The van der Waals surface area contributed by atoms with E-state index in [-0.39, 0.29) is 5.91 Å². The molecule has 0 aliphatic rings. The van der Waals surface area contributed by atoms with Crippen molar-refractivity contribution in [2.24, 2.45) is 0 Å². The molecule has 20 heavy (non-hydrogen) atoms. The zero-order valence-corrected chi connectivity index (χ0v) is 13.1. The Morgan fingerprint density at radius 2 is 2.20 bits per heavy atom. The molecule has 0 aliphatic heterocycles. The number of pyridine rings is 1. The second kappa shape index (κ2) is 5.34. The summed E-state index contributed by atoms with van der Waals surface area (Å²) in [5, 5.41) is 7.75. The van der Waals surface area contributed by atoms with Crippen LogP contribution in [0.5, 0.6) is 0 Å². The lowest BCUT2D eigenvalue weighted by Crippen LogP contribution is -2.12. The number of benzene rings is 1. The summed E-state index contributed by atoms with van der Waals surface area (Å²) in [6.45, 7) is 1.93. The molecule has 0 saturated carbocycles. The molecule has 3 nitrogen and oxygen atoms in total. The number of nitrogens with one attached hydrogen (secondary N) is 1. The zero-order chi connectivity index (χ0) is 14.1. The largest absolute Gasteiger partial charge is 0.320 e. The smallest absolute Gasteiger partial charge is 0.256 e. The van der Waals surface area contributed by atoms with Gasteiger partial charge in [-0.05, 0) is 45.9 Å². The predicted molar refractivity (Wildman–Crippen MR) is 86.5 cm³/mol. The van der Waals surface area contributed by atoms with E-state index in [1.807, 2.05) is 41.9 Å². The van der Waals surface area contributed by atoms with E-state index < -0.39 is 0 Å². The third kappa shape index (κ3) is 2.46. The minimum absolute atomic E-state index is 0.0963. The van der Waals surface area contributed by atoms with E-state index in [2.05, 4.69) is 26.2 Å². The molecule has 0 unspecified atom stereocenters. The molecular formula is C15H11BrN2OS. The van der Waals surface area contributed by atoms with E-state index in [0.717, 1.165) is 26.6 Å². The number of amides is 1. The van der Waals surface area contributed by atoms with Gasteiger partial charge in [0.15, 0.2) is 0 Å². The molecule has 0 atom stereocenters. The topological polar surface area (TPSA) is 42.0 Å². The van der Waals surface area contributed by atoms with Crippen molar-refractivity contribution in [1.29, 1.82) is 0 Å². The number of para-hydroxylation sites is 1. The summed E-state index contributed by atoms with van der Waals surface area (Å²) < 4.78 is 0.919. The van der Waals surface area contributed by atoms with Gasteiger partial charge in [0.25, 0.3) is 5.91 Å². The lowest BCUT2D eigenvalue weighted by atomic mass is 10.1. The first-order valence-corrected chi connectivity index (χ1v) is 7.77. The van der Waals surface area contributed by atoms with Crippen LogP contribution < -0.4 is 5.32 Å². The predicted octanol–water partition coefficient (Wildman–Crippen LogP) is 4.62. The Morgan fingerprint density at radius 1 is 1.35 bits per heavy atom. The van der Waals surface area contributed by atoms with Gasteiger partial charge in [-0.1, -0.05) is 12.1 Å². The van der Waals surface area contributed by atoms with Crippen LogP contribution in [-0.4, -0.2) is 10.9 Å². The Bertz CT molecular complexity index is 797. The first kappa shape index (κ1) is 13.3. The van der Waals surface area contributed by atoms with E-state index in [1.165, 1.54) is 11.3 Å². The first-order chi connectivity index (χ1) is 9.65. The highest BCUT2D eigenvalue weighted by molar-refractivity contribution is 9.10. The fourth-order valence-corrected chi connectivity index (χ4v) is 3.19. The Labute approximate surface area is 128 Å². The van der Waals surface area contributed by atoms with Gasteiger partial charge in [-0.15, -0.1) is 0 Å². The lowest BCUT2D eigenvalue weighted by Gasteiger charge is -2.08. The van der Waals surface area contributed by atoms with Crippen LogP contribution >= 0.6 is 27.3 Å². The number of nitrogens with zero attached hydrogens (tertiary/aromatic N) is 1. The molecule has 5 heteroatoms. The maximum absolute atomic E-state index is 12.3.